The van der Waals surface area contributed by atoms with Gasteiger partial charge >= 0.3 is 12.2 Å². The first-order valence-corrected chi connectivity index (χ1v) is 23.3. The van der Waals surface area contributed by atoms with Crippen LogP contribution in [0.1, 0.15) is 72.6 Å². The highest BCUT2D eigenvalue weighted by molar-refractivity contribution is 7.20. The monoisotopic (exact) mass is 928 g/mol. The van der Waals surface area contributed by atoms with Crippen LogP contribution in [0.3, 0.4) is 0 Å². The number of nitrogens with one attached hydrogen (secondary N) is 4. The summed E-state index contributed by atoms with van der Waals surface area (Å²) in [6.07, 6.45) is 9.51. The lowest BCUT2D eigenvalue weighted by molar-refractivity contribution is -0.135. The van der Waals surface area contributed by atoms with Crippen LogP contribution in [0.4, 0.5) is 9.59 Å². The first-order chi connectivity index (χ1) is 33.2. The molecule has 344 valence electrons. The van der Waals surface area contributed by atoms with E-state index in [2.05, 4.69) is 55.5 Å². The number of amides is 4. The number of methoxy groups -OCH3 is 2. The molecular weight excluding hydrogens is 881 g/mol. The molecular formula is C51H48N10O6S. The number of likely N-dealkylation sites (tertiary alicyclic amines) is 2. The molecule has 4 N–H and O–H groups in total. The summed E-state index contributed by atoms with van der Waals surface area (Å²) in [4.78, 5) is 79.2. The van der Waals surface area contributed by atoms with E-state index in [4.69, 9.17) is 24.4 Å². The third-order valence-corrected chi connectivity index (χ3v) is 13.7. The van der Waals surface area contributed by atoms with Gasteiger partial charge in [0, 0.05) is 31.0 Å². The zero-order valence-corrected chi connectivity index (χ0v) is 38.1. The van der Waals surface area contributed by atoms with Gasteiger partial charge in [-0.05, 0) is 53.5 Å². The van der Waals surface area contributed by atoms with Gasteiger partial charge < -0.3 is 39.9 Å². The van der Waals surface area contributed by atoms with Crippen LogP contribution in [-0.2, 0) is 19.1 Å². The van der Waals surface area contributed by atoms with Gasteiger partial charge in [0.2, 0.25) is 0 Å². The first kappa shape index (κ1) is 43.8. The second kappa shape index (κ2) is 19.0. The van der Waals surface area contributed by atoms with Crippen LogP contribution in [0.2, 0.25) is 0 Å². The van der Waals surface area contributed by atoms with Crippen molar-refractivity contribution in [2.75, 3.05) is 27.3 Å². The maximum Gasteiger partial charge on any atom is 0.407 e. The molecule has 4 atom stereocenters. The highest BCUT2D eigenvalue weighted by atomic mass is 32.1. The lowest BCUT2D eigenvalue weighted by atomic mass is 10.1. The molecule has 2 fully saturated rings. The number of hydrogen-bond acceptors (Lipinski definition) is 10. The number of nitrogens with zero attached hydrogens (tertiary/aromatic N) is 6. The Labute approximate surface area is 395 Å². The van der Waals surface area contributed by atoms with Crippen LogP contribution in [0.15, 0.2) is 134 Å². The molecule has 4 aromatic heterocycles. The fourth-order valence-corrected chi connectivity index (χ4v) is 10.2. The van der Waals surface area contributed by atoms with Crippen LogP contribution in [-0.4, -0.2) is 90.4 Å². The van der Waals surface area contributed by atoms with Crippen LogP contribution in [0, 0.1) is 0 Å². The number of ether oxygens (including phenoxy) is 2. The molecule has 0 spiro atoms. The molecule has 10 rings (SSSR count). The van der Waals surface area contributed by atoms with Crippen molar-refractivity contribution < 1.29 is 28.7 Å². The molecule has 0 bridgehead atoms. The van der Waals surface area contributed by atoms with Gasteiger partial charge in [-0.3, -0.25) is 14.0 Å². The van der Waals surface area contributed by atoms with E-state index in [9.17, 15) is 19.2 Å². The summed E-state index contributed by atoms with van der Waals surface area (Å²) >= 11 is 1.61. The highest BCUT2D eigenvalue weighted by Crippen LogP contribution is 2.37. The van der Waals surface area contributed by atoms with E-state index in [0.29, 0.717) is 35.9 Å². The van der Waals surface area contributed by atoms with Crippen molar-refractivity contribution >= 4 is 40.3 Å². The summed E-state index contributed by atoms with van der Waals surface area (Å²) in [7, 11) is 2.56. The van der Waals surface area contributed by atoms with E-state index in [1.54, 1.807) is 33.5 Å². The van der Waals surface area contributed by atoms with Gasteiger partial charge in [0.25, 0.3) is 11.8 Å². The number of hydrogen-bond donors (Lipinski definition) is 4. The molecule has 0 unspecified atom stereocenters. The van der Waals surface area contributed by atoms with Crippen molar-refractivity contribution in [3.63, 3.8) is 0 Å². The zero-order chi connectivity index (χ0) is 46.7. The number of aromatic nitrogens is 6. The van der Waals surface area contributed by atoms with E-state index >= 15 is 0 Å². The normalized spacial score (nSPS) is 16.7. The third kappa shape index (κ3) is 8.82. The number of carbonyl (C=O) groups excluding carboxylic acids is 4. The Morgan fingerprint density at radius 2 is 1.07 bits per heavy atom. The Bertz CT molecular complexity index is 2840. The topological polar surface area (TPSA) is 192 Å². The SMILES string of the molecule is COC(=O)N[C@@H](C(=O)N1CCC[C@H]1c1ncc(-c2ccc(-c3cn4cc(-c5ccc(-c6cnc([C@@H]7CCCN7C(=O)[C@H](NC(=O)OC)c7ccccc7)[nH]6)cc5)sc4n3)cc2)[nH]1)c1ccccc1. The van der Waals surface area contributed by atoms with Crippen molar-refractivity contribution in [2.45, 2.75) is 49.9 Å². The predicted octanol–water partition coefficient (Wildman–Crippen LogP) is 9.03. The van der Waals surface area contributed by atoms with E-state index in [1.807, 2.05) is 91.1 Å². The van der Waals surface area contributed by atoms with Gasteiger partial charge in [0.05, 0.1) is 60.7 Å². The Kier molecular flexibility index (Phi) is 12.3. The van der Waals surface area contributed by atoms with Crippen molar-refractivity contribution in [3.05, 3.63) is 157 Å². The molecule has 4 aromatic carbocycles. The molecule has 16 nitrogen and oxygen atoms in total. The molecule has 17 heteroatoms. The second-order valence-electron chi connectivity index (χ2n) is 16.8. The minimum atomic E-state index is -0.885. The van der Waals surface area contributed by atoms with E-state index in [1.165, 1.54) is 14.2 Å². The molecule has 68 heavy (non-hydrogen) atoms. The summed E-state index contributed by atoms with van der Waals surface area (Å²) in [5.74, 6) is 0.968. The lowest BCUT2D eigenvalue weighted by Gasteiger charge is -2.28. The summed E-state index contributed by atoms with van der Waals surface area (Å²) in [5.41, 5.74) is 7.85. The fraction of sp³-hybridized carbons (Fsp3) is 0.235. The number of carbonyl (C=O) groups is 4. The zero-order valence-electron chi connectivity index (χ0n) is 37.3. The standard InChI is InChI=1S/C51H48N10O6S/c1-66-50(64)57-43(35-11-5-3-6-12-35)47(62)60-25-9-15-40(60)45-52-27-37(54-45)31-17-19-33(20-18-31)39-29-59-30-42(68-49(59)56-39)34-23-21-32(22-24-34)38-28-53-46(55-38)41-16-10-26-61(41)48(63)44(58-51(65)67-2)36-13-7-4-8-14-36/h3-8,11-14,17-24,27-30,40-41,43-44H,9-10,15-16,25-26H2,1-2H3,(H,52,54)(H,53,55)(H,57,64)(H,58,65)/t40-,41-,43+,44+/m0/s1. The molecule has 4 amide bonds. The van der Waals surface area contributed by atoms with Gasteiger partial charge in [-0.1, -0.05) is 121 Å². The van der Waals surface area contributed by atoms with Crippen LogP contribution < -0.4 is 10.6 Å². The van der Waals surface area contributed by atoms with Gasteiger partial charge in [0.15, 0.2) is 4.96 Å². The van der Waals surface area contributed by atoms with Crippen molar-refractivity contribution in [2.24, 2.45) is 0 Å². The molecule has 2 aliphatic heterocycles. The Morgan fingerprint density at radius 1 is 0.618 bits per heavy atom. The average molecular weight is 929 g/mol. The summed E-state index contributed by atoms with van der Waals surface area (Å²) in [6.45, 7) is 1.10. The maximum absolute atomic E-state index is 13.9. The van der Waals surface area contributed by atoms with E-state index in [0.717, 1.165) is 74.9 Å². The van der Waals surface area contributed by atoms with Gasteiger partial charge in [0.1, 0.15) is 23.7 Å². The number of aromatic amines is 2. The van der Waals surface area contributed by atoms with Crippen LogP contribution in [0.25, 0.3) is 49.2 Å². The molecule has 2 saturated heterocycles. The molecule has 8 aromatic rings. The molecule has 0 radical (unpaired) electrons. The number of rotatable bonds is 12. The number of fused-ring (bicyclic) bond motifs is 1. The molecule has 0 aliphatic carbocycles. The Morgan fingerprint density at radius 3 is 1.53 bits per heavy atom. The van der Waals surface area contributed by atoms with Gasteiger partial charge in [-0.15, -0.1) is 0 Å². The van der Waals surface area contributed by atoms with Crippen molar-refractivity contribution in [3.8, 4) is 44.2 Å². The van der Waals surface area contributed by atoms with Crippen molar-refractivity contribution in [1.82, 2.24) is 49.8 Å². The smallest absolute Gasteiger partial charge is 0.407 e. The Balaban J connectivity index is 0.788. The minimum Gasteiger partial charge on any atom is -0.453 e. The second-order valence-corrected chi connectivity index (χ2v) is 17.8. The predicted molar refractivity (Wildman–Crippen MR) is 256 cm³/mol. The lowest BCUT2D eigenvalue weighted by Crippen LogP contribution is -2.42. The largest absolute Gasteiger partial charge is 0.453 e. The first-order valence-electron chi connectivity index (χ1n) is 22.4. The van der Waals surface area contributed by atoms with Crippen LogP contribution >= 0.6 is 11.3 Å². The molecule has 0 saturated carbocycles. The quantitative estimate of drug-likeness (QED) is 0.0926. The van der Waals surface area contributed by atoms with Gasteiger partial charge in [-0.2, -0.15) is 0 Å². The van der Waals surface area contributed by atoms with E-state index < -0.39 is 24.3 Å². The summed E-state index contributed by atoms with van der Waals surface area (Å²) < 4.78 is 11.7. The van der Waals surface area contributed by atoms with Crippen molar-refractivity contribution in [1.29, 1.82) is 0 Å². The van der Waals surface area contributed by atoms with Crippen LogP contribution in [0.5, 0.6) is 0 Å². The summed E-state index contributed by atoms with van der Waals surface area (Å²) in [6, 6.07) is 32.5. The number of H-pyrrole nitrogens is 2. The van der Waals surface area contributed by atoms with E-state index in [-0.39, 0.29) is 23.9 Å². The number of thiazole rings is 1. The Hall–Kier alpha value is -8.05. The third-order valence-electron chi connectivity index (χ3n) is 12.7. The number of alkyl carbamates (subject to hydrolysis) is 2. The summed E-state index contributed by atoms with van der Waals surface area (Å²) in [5, 5.41) is 5.43. The number of imidazole rings is 3. The highest BCUT2D eigenvalue weighted by Gasteiger charge is 2.38. The fourth-order valence-electron chi connectivity index (χ4n) is 9.19. The number of benzene rings is 4. The maximum atomic E-state index is 13.9. The average Bonchev–Trinajstić information content (AvgIpc) is 4.25. The van der Waals surface area contributed by atoms with Gasteiger partial charge in [-0.25, -0.2) is 24.5 Å². The molecule has 2 aliphatic rings. The molecule has 6 heterocycles. The minimum absolute atomic E-state index is 0.213.